The molecule has 0 aliphatic rings. The molecule has 478 valence electrons. The number of carbonyl (C=O) groups excluding carboxylic acids is 3. The number of unbranched alkanes of at least 4 members (excludes halogenated alkanes) is 38. The zero-order chi connectivity index (χ0) is 59.9. The smallest absolute Gasteiger partial charge is 0.306 e. The van der Waals surface area contributed by atoms with Gasteiger partial charge in [0.15, 0.2) is 6.10 Å². The largest absolute Gasteiger partial charge is 0.462 e. The van der Waals surface area contributed by atoms with Gasteiger partial charge in [0.2, 0.25) is 0 Å². The van der Waals surface area contributed by atoms with Crippen LogP contribution in [-0.4, -0.2) is 37.2 Å². The van der Waals surface area contributed by atoms with Crippen LogP contribution in [0.5, 0.6) is 0 Å². The van der Waals surface area contributed by atoms with Crippen LogP contribution in [0.15, 0.2) is 97.2 Å². The highest BCUT2D eigenvalue weighted by atomic mass is 16.6. The molecule has 0 N–H and O–H groups in total. The Labute approximate surface area is 515 Å². The number of ether oxygens (including phenoxy) is 3. The SMILES string of the molecule is CC/C=C\C/C=C\C/C=C\C/C=C\C/C=C\CCCCCCCCCCCCCCCC(=O)OCC(COC(=O)CCCCCCCCC/C=C\C/C=C\CCCCC)OC(=O)CCCCCCCCCCC/C=C\CCCCCCCC. The van der Waals surface area contributed by atoms with Crippen molar-refractivity contribution in [2.45, 2.75) is 361 Å². The molecule has 1 atom stereocenters. The molecule has 0 amide bonds. The van der Waals surface area contributed by atoms with Gasteiger partial charge in [0.1, 0.15) is 13.2 Å². The minimum atomic E-state index is -0.784. The van der Waals surface area contributed by atoms with Crippen LogP contribution < -0.4 is 0 Å². The van der Waals surface area contributed by atoms with Crippen LogP contribution in [0.3, 0.4) is 0 Å². The van der Waals surface area contributed by atoms with Crippen molar-refractivity contribution >= 4 is 17.9 Å². The van der Waals surface area contributed by atoms with Crippen molar-refractivity contribution in [1.29, 1.82) is 0 Å². The molecular weight excluding hydrogens is 1020 g/mol. The van der Waals surface area contributed by atoms with Crippen LogP contribution in [0, 0.1) is 0 Å². The van der Waals surface area contributed by atoms with E-state index in [4.69, 9.17) is 14.2 Å². The molecule has 0 saturated carbocycles. The lowest BCUT2D eigenvalue weighted by Gasteiger charge is -2.18. The molecule has 0 aromatic carbocycles. The van der Waals surface area contributed by atoms with Gasteiger partial charge in [0, 0.05) is 19.3 Å². The number of hydrogen-bond donors (Lipinski definition) is 0. The second-order valence-corrected chi connectivity index (χ2v) is 23.8. The molecule has 0 radical (unpaired) electrons. The van der Waals surface area contributed by atoms with Gasteiger partial charge in [-0.15, -0.1) is 0 Å². The van der Waals surface area contributed by atoms with Gasteiger partial charge >= 0.3 is 17.9 Å². The first-order valence-electron chi connectivity index (χ1n) is 35.7. The maximum absolute atomic E-state index is 13.0. The Kier molecular flexibility index (Phi) is 67.7. The summed E-state index contributed by atoms with van der Waals surface area (Å²) in [6.45, 7) is 6.53. The van der Waals surface area contributed by atoms with E-state index in [0.717, 1.165) is 103 Å². The Morgan fingerprint density at radius 1 is 0.253 bits per heavy atom. The summed E-state index contributed by atoms with van der Waals surface area (Å²) in [7, 11) is 0. The number of carbonyl (C=O) groups is 3. The summed E-state index contributed by atoms with van der Waals surface area (Å²) in [4.78, 5) is 38.5. The molecular formula is C77H134O6. The topological polar surface area (TPSA) is 78.9 Å². The van der Waals surface area contributed by atoms with Crippen LogP contribution in [0.1, 0.15) is 355 Å². The van der Waals surface area contributed by atoms with Crippen molar-refractivity contribution in [1.82, 2.24) is 0 Å². The molecule has 0 saturated heterocycles. The summed E-state index contributed by atoms with van der Waals surface area (Å²) in [5.74, 6) is -0.872. The number of rotatable bonds is 65. The van der Waals surface area contributed by atoms with Crippen LogP contribution in [0.2, 0.25) is 0 Å². The Bertz CT molecular complexity index is 1610. The Hall–Kier alpha value is -3.67. The second-order valence-electron chi connectivity index (χ2n) is 23.8. The van der Waals surface area contributed by atoms with Gasteiger partial charge in [-0.3, -0.25) is 14.4 Å². The highest BCUT2D eigenvalue weighted by Crippen LogP contribution is 2.17. The molecule has 0 spiro atoms. The molecule has 0 fully saturated rings. The second kappa shape index (κ2) is 70.8. The van der Waals surface area contributed by atoms with E-state index in [0.29, 0.717) is 19.3 Å². The first kappa shape index (κ1) is 79.3. The van der Waals surface area contributed by atoms with Gasteiger partial charge in [0.05, 0.1) is 0 Å². The predicted octanol–water partition coefficient (Wildman–Crippen LogP) is 24.8. The minimum Gasteiger partial charge on any atom is -0.462 e. The third-order valence-corrected chi connectivity index (χ3v) is 15.5. The predicted molar refractivity (Wildman–Crippen MR) is 362 cm³/mol. The molecule has 0 bridgehead atoms. The maximum atomic E-state index is 13.0. The molecule has 0 aromatic rings. The average molecular weight is 1160 g/mol. The fourth-order valence-electron chi connectivity index (χ4n) is 10.2. The molecule has 0 rings (SSSR count). The first-order chi connectivity index (χ1) is 41.0. The van der Waals surface area contributed by atoms with E-state index < -0.39 is 6.10 Å². The van der Waals surface area contributed by atoms with E-state index in [1.54, 1.807) is 0 Å². The van der Waals surface area contributed by atoms with Crippen LogP contribution >= 0.6 is 0 Å². The normalized spacial score (nSPS) is 12.7. The standard InChI is InChI=1S/C77H134O6/c1-4-7-10-13-16-19-22-25-28-31-33-34-35-36-37-38-39-40-41-42-44-46-49-52-55-58-61-64-67-70-76(79)82-73-74(72-81-75(78)69-66-63-60-57-54-51-48-45-30-27-24-21-18-15-12-9-6-3)83-77(80)71-68-65-62-59-56-53-50-47-43-32-29-26-23-20-17-14-11-8-5-2/h7,10,16,18-19,21,25-30,33-34,36-37,74H,4-6,8-9,11-15,17,20,22-24,31-32,35,38-73H2,1-3H3/b10-7-,19-16-,21-18-,28-25-,29-26-,30-27-,34-33-,37-36-. The fourth-order valence-corrected chi connectivity index (χ4v) is 10.2. The van der Waals surface area contributed by atoms with E-state index in [-0.39, 0.29) is 31.1 Å². The minimum absolute atomic E-state index is 0.0790. The summed E-state index contributed by atoms with van der Waals surface area (Å²) in [6, 6.07) is 0. The molecule has 83 heavy (non-hydrogen) atoms. The van der Waals surface area contributed by atoms with E-state index in [9.17, 15) is 14.4 Å². The van der Waals surface area contributed by atoms with Gasteiger partial charge in [-0.25, -0.2) is 0 Å². The van der Waals surface area contributed by atoms with Crippen molar-refractivity contribution in [3.05, 3.63) is 97.2 Å². The van der Waals surface area contributed by atoms with Gasteiger partial charge in [0.25, 0.3) is 0 Å². The van der Waals surface area contributed by atoms with Gasteiger partial charge in [-0.1, -0.05) is 311 Å². The van der Waals surface area contributed by atoms with Gasteiger partial charge in [-0.2, -0.15) is 0 Å². The van der Waals surface area contributed by atoms with Gasteiger partial charge < -0.3 is 14.2 Å². The quantitative estimate of drug-likeness (QED) is 0.0261. The molecule has 0 aromatic heterocycles. The Morgan fingerprint density at radius 2 is 0.470 bits per heavy atom. The monoisotopic (exact) mass is 1160 g/mol. The van der Waals surface area contributed by atoms with Crippen LogP contribution in [-0.2, 0) is 28.6 Å². The highest BCUT2D eigenvalue weighted by Gasteiger charge is 2.19. The molecule has 0 aliphatic heterocycles. The van der Waals surface area contributed by atoms with Crippen LogP contribution in [0.25, 0.3) is 0 Å². The molecule has 0 heterocycles. The summed E-state index contributed by atoms with van der Waals surface area (Å²) >= 11 is 0. The van der Waals surface area contributed by atoms with E-state index in [2.05, 4.69) is 118 Å². The highest BCUT2D eigenvalue weighted by molar-refractivity contribution is 5.71. The molecule has 1 unspecified atom stereocenters. The first-order valence-corrected chi connectivity index (χ1v) is 35.7. The van der Waals surface area contributed by atoms with Crippen molar-refractivity contribution in [3.63, 3.8) is 0 Å². The van der Waals surface area contributed by atoms with E-state index in [1.807, 2.05) is 0 Å². The van der Waals surface area contributed by atoms with Gasteiger partial charge in [-0.05, 0) is 122 Å². The zero-order valence-corrected chi connectivity index (χ0v) is 54.9. The fraction of sp³-hybridized carbons (Fsp3) is 0.753. The van der Waals surface area contributed by atoms with Crippen molar-refractivity contribution in [2.75, 3.05) is 13.2 Å². The van der Waals surface area contributed by atoms with Crippen molar-refractivity contribution in [3.8, 4) is 0 Å². The third kappa shape index (κ3) is 69.0. The molecule has 6 heteroatoms. The molecule has 0 aliphatic carbocycles. The maximum Gasteiger partial charge on any atom is 0.306 e. The molecule has 6 nitrogen and oxygen atoms in total. The lowest BCUT2D eigenvalue weighted by molar-refractivity contribution is -0.167. The summed E-state index contributed by atoms with van der Waals surface area (Å²) in [6.07, 6.45) is 95.7. The zero-order valence-electron chi connectivity index (χ0n) is 54.9. The lowest BCUT2D eigenvalue weighted by Crippen LogP contribution is -2.30. The Balaban J connectivity index is 4.31. The Morgan fingerprint density at radius 3 is 0.771 bits per heavy atom. The number of allylic oxidation sites excluding steroid dienone is 16. The van der Waals surface area contributed by atoms with Crippen LogP contribution in [0.4, 0.5) is 0 Å². The van der Waals surface area contributed by atoms with Crippen molar-refractivity contribution < 1.29 is 28.6 Å². The third-order valence-electron chi connectivity index (χ3n) is 15.5. The van der Waals surface area contributed by atoms with E-state index >= 15 is 0 Å². The summed E-state index contributed by atoms with van der Waals surface area (Å²) in [5, 5.41) is 0. The van der Waals surface area contributed by atoms with E-state index in [1.165, 1.54) is 212 Å². The average Bonchev–Trinajstić information content (AvgIpc) is 3.49. The summed E-state index contributed by atoms with van der Waals surface area (Å²) in [5.41, 5.74) is 0. The number of esters is 3. The number of hydrogen-bond acceptors (Lipinski definition) is 6. The summed E-state index contributed by atoms with van der Waals surface area (Å²) < 4.78 is 17.0. The lowest BCUT2D eigenvalue weighted by atomic mass is 10.0. The van der Waals surface area contributed by atoms with Crippen molar-refractivity contribution in [2.24, 2.45) is 0 Å².